The van der Waals surface area contributed by atoms with Crippen LogP contribution in [0.5, 0.6) is 0 Å². The minimum atomic E-state index is -0.194. The number of piperidine rings is 1. The molecule has 45 heavy (non-hydrogen) atoms. The van der Waals surface area contributed by atoms with Crippen LogP contribution in [0.15, 0.2) is 73.1 Å². The van der Waals surface area contributed by atoms with Crippen LogP contribution in [-0.2, 0) is 4.79 Å². The molecule has 0 atom stereocenters. The van der Waals surface area contributed by atoms with Gasteiger partial charge in [-0.1, -0.05) is 38.1 Å². The molecule has 3 heterocycles. The van der Waals surface area contributed by atoms with Crippen molar-refractivity contribution in [2.45, 2.75) is 38.6 Å². The number of carbonyl (C=O) groups excluding carboxylic acids is 3. The molecule has 1 aliphatic heterocycles. The number of nitrogens with one attached hydrogen (secondary N) is 3. The fraction of sp³-hybridized carbons (Fsp3) is 0.371. The maximum Gasteiger partial charge on any atom is 0.325 e. The van der Waals surface area contributed by atoms with Crippen LogP contribution in [0.25, 0.3) is 10.9 Å². The molecule has 5 rings (SSSR count). The lowest BCUT2D eigenvalue weighted by Crippen LogP contribution is -2.29. The Balaban J connectivity index is 0.000000233. The molecule has 1 fully saturated rings. The van der Waals surface area contributed by atoms with Gasteiger partial charge >= 0.3 is 6.03 Å². The van der Waals surface area contributed by atoms with Gasteiger partial charge < -0.3 is 30.5 Å². The topological polar surface area (TPSA) is 112 Å². The molecular weight excluding hydrogens is 566 g/mol. The van der Waals surface area contributed by atoms with E-state index in [1.165, 1.54) is 31.5 Å². The Bertz CT molecular complexity index is 1510. The molecule has 0 spiro atoms. The van der Waals surface area contributed by atoms with Crippen molar-refractivity contribution < 1.29 is 14.4 Å². The van der Waals surface area contributed by atoms with E-state index in [-0.39, 0.29) is 12.6 Å². The van der Waals surface area contributed by atoms with E-state index in [0.29, 0.717) is 12.0 Å². The average molecular weight is 614 g/mol. The molecule has 0 saturated carbocycles. The lowest BCUT2D eigenvalue weighted by atomic mass is 9.89. The van der Waals surface area contributed by atoms with Crippen LogP contribution in [0.4, 0.5) is 22.0 Å². The van der Waals surface area contributed by atoms with Crippen molar-refractivity contribution in [3.63, 3.8) is 0 Å². The molecule has 10 heteroatoms. The largest absolute Gasteiger partial charge is 0.373 e. The lowest BCUT2D eigenvalue weighted by Gasteiger charge is -2.29. The second-order valence-corrected chi connectivity index (χ2v) is 11.2. The highest BCUT2D eigenvalue weighted by atomic mass is 16.2. The molecule has 240 valence electrons. The zero-order valence-corrected chi connectivity index (χ0v) is 27.3. The van der Waals surface area contributed by atoms with Gasteiger partial charge in [0.1, 0.15) is 18.4 Å². The molecule has 3 N–H and O–H groups in total. The number of rotatable bonds is 8. The average Bonchev–Trinajstić information content (AvgIpc) is 3.51. The summed E-state index contributed by atoms with van der Waals surface area (Å²) in [5.74, 6) is 1.40. The molecule has 1 aliphatic rings. The molecule has 0 unspecified atom stereocenters. The smallest absolute Gasteiger partial charge is 0.325 e. The monoisotopic (exact) mass is 613 g/mol. The van der Waals surface area contributed by atoms with Gasteiger partial charge in [0.15, 0.2) is 0 Å². The van der Waals surface area contributed by atoms with Crippen molar-refractivity contribution in [2.24, 2.45) is 0 Å². The third-order valence-electron chi connectivity index (χ3n) is 7.83. The Hall–Kier alpha value is -4.54. The van der Waals surface area contributed by atoms with E-state index in [2.05, 4.69) is 58.9 Å². The van der Waals surface area contributed by atoms with Gasteiger partial charge in [-0.25, -0.2) is 9.78 Å². The Kier molecular flexibility index (Phi) is 13.7. The first kappa shape index (κ1) is 34.9. The second kappa shape index (κ2) is 17.7. The predicted octanol–water partition coefficient (Wildman–Crippen LogP) is 5.53. The van der Waals surface area contributed by atoms with E-state index in [4.69, 9.17) is 0 Å². The fourth-order valence-corrected chi connectivity index (χ4v) is 4.94. The molecule has 0 bridgehead atoms. The minimum Gasteiger partial charge on any atom is -0.373 e. The van der Waals surface area contributed by atoms with Crippen LogP contribution >= 0.6 is 0 Å². The lowest BCUT2D eigenvalue weighted by molar-refractivity contribution is -0.106. The number of anilines is 3. The SMILES string of the molecule is CN1CCC(c2ccc(C=O)cc2)CC1.CNC(=O)n1ccc2cc(N(CC=O)c3ccnc(NC)c3)ccc21.CNC(C)C. The van der Waals surface area contributed by atoms with Gasteiger partial charge in [0, 0.05) is 60.9 Å². The molecule has 2 aromatic carbocycles. The molecular formula is C35H47N7O3. The van der Waals surface area contributed by atoms with Crippen LogP contribution in [-0.4, -0.2) is 86.9 Å². The Morgan fingerprint density at radius 1 is 0.978 bits per heavy atom. The summed E-state index contributed by atoms with van der Waals surface area (Å²) in [5, 5.41) is 9.55. The summed E-state index contributed by atoms with van der Waals surface area (Å²) >= 11 is 0. The molecule has 1 saturated heterocycles. The van der Waals surface area contributed by atoms with Gasteiger partial charge in [0.05, 0.1) is 12.1 Å². The van der Waals surface area contributed by atoms with E-state index in [1.54, 1.807) is 31.1 Å². The molecule has 2 aromatic heterocycles. The van der Waals surface area contributed by atoms with Gasteiger partial charge in [-0.15, -0.1) is 0 Å². The van der Waals surface area contributed by atoms with Crippen molar-refractivity contribution in [3.8, 4) is 0 Å². The van der Waals surface area contributed by atoms with E-state index in [9.17, 15) is 14.4 Å². The van der Waals surface area contributed by atoms with Crippen molar-refractivity contribution in [1.29, 1.82) is 0 Å². The van der Waals surface area contributed by atoms with Crippen LogP contribution < -0.4 is 20.9 Å². The number of hydrogen-bond acceptors (Lipinski definition) is 8. The Labute approximate surface area is 266 Å². The Morgan fingerprint density at radius 3 is 2.22 bits per heavy atom. The molecule has 4 aromatic rings. The van der Waals surface area contributed by atoms with Gasteiger partial charge in [0.25, 0.3) is 0 Å². The minimum absolute atomic E-state index is 0.194. The number of aldehydes is 2. The highest BCUT2D eigenvalue weighted by Crippen LogP contribution is 2.30. The first-order valence-corrected chi connectivity index (χ1v) is 15.3. The summed E-state index contributed by atoms with van der Waals surface area (Å²) in [6.45, 7) is 6.80. The van der Waals surface area contributed by atoms with Crippen molar-refractivity contribution >= 4 is 46.7 Å². The summed E-state index contributed by atoms with van der Waals surface area (Å²) in [6, 6.07) is 19.8. The number of carbonyl (C=O) groups is 3. The molecule has 0 aliphatic carbocycles. The normalized spacial score (nSPS) is 13.2. The van der Waals surface area contributed by atoms with Crippen molar-refractivity contribution in [2.75, 3.05) is 58.0 Å². The van der Waals surface area contributed by atoms with Crippen molar-refractivity contribution in [3.05, 3.63) is 84.2 Å². The fourth-order valence-electron chi connectivity index (χ4n) is 4.94. The molecule has 1 amide bonds. The zero-order chi connectivity index (χ0) is 32.8. The number of aromatic nitrogens is 2. The maximum absolute atomic E-state index is 11.9. The number of hydrogen-bond donors (Lipinski definition) is 3. The van der Waals surface area contributed by atoms with E-state index < -0.39 is 0 Å². The van der Waals surface area contributed by atoms with Crippen LogP contribution in [0, 0.1) is 0 Å². The number of benzene rings is 2. The quantitative estimate of drug-likeness (QED) is 0.223. The van der Waals surface area contributed by atoms with Crippen LogP contribution in [0.3, 0.4) is 0 Å². The van der Waals surface area contributed by atoms with Crippen LogP contribution in [0.1, 0.15) is 48.5 Å². The second-order valence-electron chi connectivity index (χ2n) is 11.2. The van der Waals surface area contributed by atoms with Gasteiger partial charge in [0.2, 0.25) is 0 Å². The van der Waals surface area contributed by atoms with E-state index >= 15 is 0 Å². The number of amides is 1. The van der Waals surface area contributed by atoms with Crippen LogP contribution in [0.2, 0.25) is 0 Å². The van der Waals surface area contributed by atoms with Crippen molar-refractivity contribution in [1.82, 2.24) is 25.1 Å². The standard InChI is InChI=1S/C18H19N5O2.C13H17NO.C4H11N/c1-19-17-12-15(5-7-21-17)22(9-10-24)14-3-4-16-13(11-14)6-8-23(16)18(25)20-2;1-14-8-6-13(7-9-14)12-4-2-11(10-15)3-5-12;1-4(2)5-3/h3-8,10-12H,9H2,1-2H3,(H,19,21)(H,20,25);2-5,10,13H,6-9H2,1H3;4-5H,1-3H3. The summed E-state index contributed by atoms with van der Waals surface area (Å²) in [7, 11) is 7.51. The summed E-state index contributed by atoms with van der Waals surface area (Å²) in [4.78, 5) is 42.1. The first-order valence-electron chi connectivity index (χ1n) is 15.3. The third kappa shape index (κ3) is 9.99. The summed E-state index contributed by atoms with van der Waals surface area (Å²) in [5.41, 5.74) is 4.68. The van der Waals surface area contributed by atoms with E-state index in [1.807, 2.05) is 60.5 Å². The first-order chi connectivity index (χ1) is 21.7. The van der Waals surface area contributed by atoms with E-state index in [0.717, 1.165) is 46.2 Å². The molecule has 0 radical (unpaired) electrons. The number of nitrogens with zero attached hydrogens (tertiary/aromatic N) is 4. The number of pyridine rings is 1. The van der Waals surface area contributed by atoms with Gasteiger partial charge in [-0.05, 0) is 81.8 Å². The highest BCUT2D eigenvalue weighted by Gasteiger charge is 2.18. The predicted molar refractivity (Wildman–Crippen MR) is 184 cm³/mol. The Morgan fingerprint density at radius 2 is 1.64 bits per heavy atom. The highest BCUT2D eigenvalue weighted by molar-refractivity contribution is 5.93. The summed E-state index contributed by atoms with van der Waals surface area (Å²) in [6.07, 6.45) is 7.65. The summed E-state index contributed by atoms with van der Waals surface area (Å²) < 4.78 is 1.55. The zero-order valence-electron chi connectivity index (χ0n) is 27.3. The third-order valence-corrected chi connectivity index (χ3v) is 7.83. The molecule has 10 nitrogen and oxygen atoms in total. The number of fused-ring (bicyclic) bond motifs is 1. The number of likely N-dealkylation sites (tertiary alicyclic amines) is 1. The van der Waals surface area contributed by atoms with Gasteiger partial charge in [-0.3, -0.25) is 9.36 Å². The maximum atomic E-state index is 11.9. The van der Waals surface area contributed by atoms with Gasteiger partial charge in [-0.2, -0.15) is 0 Å².